The lowest BCUT2D eigenvalue weighted by molar-refractivity contribution is -0.140. The molecule has 0 heterocycles. The highest BCUT2D eigenvalue weighted by Crippen LogP contribution is 2.22. The molecule has 31 heavy (non-hydrogen) atoms. The standard InChI is InChI=1S/C25H33ClN2O2S/c1-5-19(3)27-25(30)20(4)28(17-21-10-7-6-9-18(21)2)24(29)11-8-16-31-23-14-12-22(26)13-15-23/h6-7,9-10,12-15,19-20H,5,8,11,16-17H2,1-4H3,(H,27,30)/t19-,20-/m1/s1. The molecule has 0 aliphatic rings. The van der Waals surface area contributed by atoms with Gasteiger partial charge in [-0.25, -0.2) is 0 Å². The second-order valence-electron chi connectivity index (χ2n) is 7.85. The van der Waals surface area contributed by atoms with Crippen LogP contribution in [0.15, 0.2) is 53.4 Å². The summed E-state index contributed by atoms with van der Waals surface area (Å²) in [4.78, 5) is 28.7. The molecule has 0 bridgehead atoms. The number of benzene rings is 2. The van der Waals surface area contributed by atoms with E-state index in [4.69, 9.17) is 11.6 Å². The molecule has 0 aliphatic heterocycles. The molecule has 2 amide bonds. The van der Waals surface area contributed by atoms with Gasteiger partial charge in [-0.15, -0.1) is 11.8 Å². The molecule has 4 nitrogen and oxygen atoms in total. The summed E-state index contributed by atoms with van der Waals surface area (Å²) in [6.45, 7) is 8.29. The normalized spacial score (nSPS) is 12.8. The molecule has 0 aromatic heterocycles. The van der Waals surface area contributed by atoms with Gasteiger partial charge >= 0.3 is 0 Å². The first kappa shape index (κ1) is 25.3. The molecule has 0 aliphatic carbocycles. The average molecular weight is 461 g/mol. The zero-order chi connectivity index (χ0) is 22.8. The average Bonchev–Trinajstić information content (AvgIpc) is 2.76. The molecule has 0 saturated carbocycles. The molecule has 6 heteroatoms. The Balaban J connectivity index is 2.01. The molecular formula is C25H33ClN2O2S. The summed E-state index contributed by atoms with van der Waals surface area (Å²) in [6, 6.07) is 15.3. The first-order valence-corrected chi connectivity index (χ1v) is 12.2. The molecule has 0 spiro atoms. The van der Waals surface area contributed by atoms with E-state index in [1.807, 2.05) is 76.2 Å². The number of nitrogens with one attached hydrogen (secondary N) is 1. The number of hydrogen-bond acceptors (Lipinski definition) is 3. The maximum atomic E-state index is 13.1. The second kappa shape index (κ2) is 12.8. The number of aryl methyl sites for hydroxylation is 1. The third-order valence-electron chi connectivity index (χ3n) is 5.39. The lowest BCUT2D eigenvalue weighted by atomic mass is 10.1. The van der Waals surface area contributed by atoms with E-state index in [2.05, 4.69) is 5.32 Å². The predicted molar refractivity (Wildman–Crippen MR) is 130 cm³/mol. The monoisotopic (exact) mass is 460 g/mol. The highest BCUT2D eigenvalue weighted by atomic mass is 35.5. The van der Waals surface area contributed by atoms with Crippen LogP contribution in [0.1, 0.15) is 51.2 Å². The maximum Gasteiger partial charge on any atom is 0.242 e. The van der Waals surface area contributed by atoms with Crippen LogP contribution in [0.25, 0.3) is 0 Å². The summed E-state index contributed by atoms with van der Waals surface area (Å²) in [5, 5.41) is 3.73. The second-order valence-corrected chi connectivity index (χ2v) is 9.45. The molecule has 2 aromatic rings. The van der Waals surface area contributed by atoms with Crippen molar-refractivity contribution in [1.82, 2.24) is 10.2 Å². The zero-order valence-electron chi connectivity index (χ0n) is 18.9. The molecule has 168 valence electrons. The Labute approximate surface area is 195 Å². The van der Waals surface area contributed by atoms with Gasteiger partial charge in [0.15, 0.2) is 0 Å². The van der Waals surface area contributed by atoms with Gasteiger partial charge in [-0.2, -0.15) is 0 Å². The van der Waals surface area contributed by atoms with Crippen LogP contribution in [-0.4, -0.2) is 34.6 Å². The Kier molecular flexibility index (Phi) is 10.4. The number of halogens is 1. The first-order valence-electron chi connectivity index (χ1n) is 10.8. The van der Waals surface area contributed by atoms with Crippen molar-refractivity contribution in [3.63, 3.8) is 0 Å². The number of carbonyl (C=O) groups is 2. The number of hydrogen-bond donors (Lipinski definition) is 1. The van der Waals surface area contributed by atoms with Crippen molar-refractivity contribution in [2.75, 3.05) is 5.75 Å². The summed E-state index contributed by atoms with van der Waals surface area (Å²) in [7, 11) is 0. The van der Waals surface area contributed by atoms with E-state index < -0.39 is 6.04 Å². The van der Waals surface area contributed by atoms with Gasteiger partial charge in [0, 0.05) is 28.9 Å². The van der Waals surface area contributed by atoms with Crippen molar-refractivity contribution in [1.29, 1.82) is 0 Å². The van der Waals surface area contributed by atoms with E-state index in [0.717, 1.165) is 39.6 Å². The third-order valence-corrected chi connectivity index (χ3v) is 6.74. The highest BCUT2D eigenvalue weighted by molar-refractivity contribution is 7.99. The maximum absolute atomic E-state index is 13.1. The lowest BCUT2D eigenvalue weighted by Crippen LogP contribution is -2.49. The summed E-state index contributed by atoms with van der Waals surface area (Å²) in [6.07, 6.45) is 2.01. The predicted octanol–water partition coefficient (Wildman–Crippen LogP) is 5.85. The number of carbonyl (C=O) groups excluding carboxylic acids is 2. The Hall–Kier alpha value is -1.98. The topological polar surface area (TPSA) is 49.4 Å². The summed E-state index contributed by atoms with van der Waals surface area (Å²) in [5.74, 6) is 0.734. The zero-order valence-corrected chi connectivity index (χ0v) is 20.4. The minimum Gasteiger partial charge on any atom is -0.352 e. The van der Waals surface area contributed by atoms with Gasteiger partial charge in [0.25, 0.3) is 0 Å². The molecular weight excluding hydrogens is 428 g/mol. The number of amides is 2. The van der Waals surface area contributed by atoms with Crippen LogP contribution < -0.4 is 5.32 Å². The van der Waals surface area contributed by atoms with Crippen LogP contribution in [0.4, 0.5) is 0 Å². The van der Waals surface area contributed by atoms with Crippen LogP contribution in [0.2, 0.25) is 5.02 Å². The van der Waals surface area contributed by atoms with Crippen LogP contribution >= 0.6 is 23.4 Å². The molecule has 1 N–H and O–H groups in total. The SMILES string of the molecule is CC[C@@H](C)NC(=O)[C@@H](C)N(Cc1ccccc1C)C(=O)CCCSc1ccc(Cl)cc1. The Morgan fingerprint density at radius 3 is 2.42 bits per heavy atom. The minimum atomic E-state index is -0.523. The Morgan fingerprint density at radius 2 is 1.77 bits per heavy atom. The molecule has 2 atom stereocenters. The van der Waals surface area contributed by atoms with Crippen LogP contribution in [-0.2, 0) is 16.1 Å². The number of nitrogens with zero attached hydrogens (tertiary/aromatic N) is 1. The summed E-state index contributed by atoms with van der Waals surface area (Å²) < 4.78 is 0. The van der Waals surface area contributed by atoms with E-state index in [9.17, 15) is 9.59 Å². The first-order chi connectivity index (χ1) is 14.8. The summed E-state index contributed by atoms with van der Waals surface area (Å²) >= 11 is 7.64. The molecule has 0 saturated heterocycles. The van der Waals surface area contributed by atoms with Crippen molar-refractivity contribution in [3.05, 3.63) is 64.7 Å². The van der Waals surface area contributed by atoms with E-state index in [1.54, 1.807) is 16.7 Å². The van der Waals surface area contributed by atoms with Crippen LogP contribution in [0.5, 0.6) is 0 Å². The lowest BCUT2D eigenvalue weighted by Gasteiger charge is -2.30. The van der Waals surface area contributed by atoms with Crippen molar-refractivity contribution in [2.24, 2.45) is 0 Å². The van der Waals surface area contributed by atoms with Crippen molar-refractivity contribution < 1.29 is 9.59 Å². The van der Waals surface area contributed by atoms with E-state index >= 15 is 0 Å². The molecule has 0 fully saturated rings. The fourth-order valence-corrected chi connectivity index (χ4v) is 4.09. The number of rotatable bonds is 11. The number of thioether (sulfide) groups is 1. The van der Waals surface area contributed by atoms with E-state index in [-0.39, 0.29) is 17.9 Å². The van der Waals surface area contributed by atoms with E-state index in [1.165, 1.54) is 0 Å². The fraction of sp³-hybridized carbons (Fsp3) is 0.440. The van der Waals surface area contributed by atoms with Crippen molar-refractivity contribution >= 4 is 35.2 Å². The van der Waals surface area contributed by atoms with Gasteiger partial charge in [0.05, 0.1) is 0 Å². The van der Waals surface area contributed by atoms with Gasteiger partial charge in [-0.3, -0.25) is 9.59 Å². The van der Waals surface area contributed by atoms with Gasteiger partial charge < -0.3 is 10.2 Å². The Morgan fingerprint density at radius 1 is 1.10 bits per heavy atom. The molecule has 0 unspecified atom stereocenters. The molecule has 0 radical (unpaired) electrons. The van der Waals surface area contributed by atoms with Gasteiger partial charge in [-0.05, 0) is 74.8 Å². The third kappa shape index (κ3) is 8.23. The van der Waals surface area contributed by atoms with Crippen LogP contribution in [0.3, 0.4) is 0 Å². The molecule has 2 rings (SSSR count). The minimum absolute atomic E-state index is 0.00626. The highest BCUT2D eigenvalue weighted by Gasteiger charge is 2.26. The largest absolute Gasteiger partial charge is 0.352 e. The van der Waals surface area contributed by atoms with Gasteiger partial charge in [0.2, 0.25) is 11.8 Å². The molecule has 2 aromatic carbocycles. The fourth-order valence-electron chi connectivity index (χ4n) is 3.11. The van der Waals surface area contributed by atoms with Gasteiger partial charge in [0.1, 0.15) is 6.04 Å². The van der Waals surface area contributed by atoms with Crippen molar-refractivity contribution in [3.8, 4) is 0 Å². The van der Waals surface area contributed by atoms with Gasteiger partial charge in [-0.1, -0.05) is 42.8 Å². The van der Waals surface area contributed by atoms with E-state index in [0.29, 0.717) is 13.0 Å². The van der Waals surface area contributed by atoms with Crippen LogP contribution in [0, 0.1) is 6.92 Å². The van der Waals surface area contributed by atoms with Crippen molar-refractivity contribution in [2.45, 2.75) is 70.5 Å². The smallest absolute Gasteiger partial charge is 0.242 e. The quantitative estimate of drug-likeness (QED) is 0.338. The Bertz CT molecular complexity index is 857. The summed E-state index contributed by atoms with van der Waals surface area (Å²) in [5.41, 5.74) is 2.18.